The van der Waals surface area contributed by atoms with Crippen molar-refractivity contribution in [1.82, 2.24) is 15.5 Å². The van der Waals surface area contributed by atoms with Crippen molar-refractivity contribution in [2.24, 2.45) is 5.73 Å². The molecule has 0 radical (unpaired) electrons. The highest BCUT2D eigenvalue weighted by atomic mass is 16.2. The van der Waals surface area contributed by atoms with Crippen LogP contribution in [0.5, 0.6) is 0 Å². The Kier molecular flexibility index (Phi) is 4.75. The lowest BCUT2D eigenvalue weighted by Gasteiger charge is -2.29. The van der Waals surface area contributed by atoms with Gasteiger partial charge >= 0.3 is 6.03 Å². The first-order valence-corrected chi connectivity index (χ1v) is 6.85. The third-order valence-electron chi connectivity index (χ3n) is 4.04. The van der Waals surface area contributed by atoms with E-state index < -0.39 is 23.0 Å². The van der Waals surface area contributed by atoms with Gasteiger partial charge in [0.1, 0.15) is 12.1 Å². The maximum atomic E-state index is 11.9. The van der Waals surface area contributed by atoms with Crippen LogP contribution < -0.4 is 16.4 Å². The van der Waals surface area contributed by atoms with Crippen molar-refractivity contribution in [3.8, 4) is 0 Å². The van der Waals surface area contributed by atoms with Gasteiger partial charge in [-0.05, 0) is 26.7 Å². The van der Waals surface area contributed by atoms with Gasteiger partial charge in [0.15, 0.2) is 0 Å². The number of imide groups is 1. The van der Waals surface area contributed by atoms with E-state index in [0.717, 1.165) is 12.8 Å². The summed E-state index contributed by atoms with van der Waals surface area (Å²) in [6, 6.07) is -0.542. The summed E-state index contributed by atoms with van der Waals surface area (Å²) in [7, 11) is 0. The van der Waals surface area contributed by atoms with Crippen molar-refractivity contribution in [3.05, 3.63) is 0 Å². The minimum Gasteiger partial charge on any atom is -0.353 e. The fraction of sp³-hybridized carbons (Fsp3) is 0.769. The van der Waals surface area contributed by atoms with E-state index in [2.05, 4.69) is 10.6 Å². The summed E-state index contributed by atoms with van der Waals surface area (Å²) in [5.41, 5.74) is 4.65. The topological polar surface area (TPSA) is 105 Å². The number of nitrogens with two attached hydrogens (primary N) is 1. The maximum Gasteiger partial charge on any atom is 0.325 e. The third kappa shape index (κ3) is 3.27. The summed E-state index contributed by atoms with van der Waals surface area (Å²) in [6.45, 7) is 7.32. The number of urea groups is 1. The van der Waals surface area contributed by atoms with Crippen LogP contribution in [-0.4, -0.2) is 46.9 Å². The second-order valence-electron chi connectivity index (χ2n) is 5.75. The second kappa shape index (κ2) is 5.78. The molecule has 7 heteroatoms. The van der Waals surface area contributed by atoms with E-state index in [0.29, 0.717) is 6.54 Å². The molecule has 1 heterocycles. The number of amides is 4. The minimum atomic E-state index is -1.01. The van der Waals surface area contributed by atoms with Gasteiger partial charge < -0.3 is 16.0 Å². The van der Waals surface area contributed by atoms with Gasteiger partial charge in [-0.3, -0.25) is 14.9 Å². The minimum absolute atomic E-state index is 0.159. The Morgan fingerprint density at radius 3 is 2.30 bits per heavy atom. The number of hydrogen-bond donors (Lipinski definition) is 3. The molecule has 0 saturated carbocycles. The summed E-state index contributed by atoms with van der Waals surface area (Å²) in [5, 5.41) is 4.93. The molecule has 1 fully saturated rings. The number of carbonyl (C=O) groups is 3. The van der Waals surface area contributed by atoms with Gasteiger partial charge in [-0.1, -0.05) is 13.8 Å². The molecule has 4 amide bonds. The van der Waals surface area contributed by atoms with E-state index in [1.54, 1.807) is 13.8 Å². The molecule has 0 aliphatic carbocycles. The molecule has 0 spiro atoms. The SMILES string of the molecule is CCC(N)(CC)CNC(=O)CN1C(=O)NC(=O)C1(C)C. The molecule has 0 bridgehead atoms. The van der Waals surface area contributed by atoms with E-state index in [1.807, 2.05) is 13.8 Å². The van der Waals surface area contributed by atoms with Crippen molar-refractivity contribution in [3.63, 3.8) is 0 Å². The molecule has 1 aliphatic heterocycles. The largest absolute Gasteiger partial charge is 0.353 e. The molecular weight excluding hydrogens is 260 g/mol. The van der Waals surface area contributed by atoms with Crippen LogP contribution in [0, 0.1) is 0 Å². The predicted octanol–water partition coefficient (Wildman–Crippen LogP) is -0.0495. The van der Waals surface area contributed by atoms with Gasteiger partial charge in [0.05, 0.1) is 0 Å². The second-order valence-corrected chi connectivity index (χ2v) is 5.75. The fourth-order valence-electron chi connectivity index (χ4n) is 1.94. The van der Waals surface area contributed by atoms with Crippen LogP contribution in [0.25, 0.3) is 0 Å². The fourth-order valence-corrected chi connectivity index (χ4v) is 1.94. The lowest BCUT2D eigenvalue weighted by atomic mass is 9.94. The zero-order valence-electron chi connectivity index (χ0n) is 12.6. The molecule has 114 valence electrons. The van der Waals surface area contributed by atoms with Crippen LogP contribution in [-0.2, 0) is 9.59 Å². The van der Waals surface area contributed by atoms with Crippen LogP contribution in [0.15, 0.2) is 0 Å². The molecule has 1 saturated heterocycles. The average molecular weight is 284 g/mol. The molecule has 20 heavy (non-hydrogen) atoms. The highest BCUT2D eigenvalue weighted by Crippen LogP contribution is 2.20. The van der Waals surface area contributed by atoms with Crippen molar-refractivity contribution in [2.45, 2.75) is 51.6 Å². The Morgan fingerprint density at radius 1 is 1.35 bits per heavy atom. The molecule has 0 unspecified atom stereocenters. The normalized spacial score (nSPS) is 18.1. The van der Waals surface area contributed by atoms with Crippen molar-refractivity contribution >= 4 is 17.8 Å². The molecule has 0 aromatic heterocycles. The first-order valence-electron chi connectivity index (χ1n) is 6.85. The molecule has 4 N–H and O–H groups in total. The Hall–Kier alpha value is -1.63. The van der Waals surface area contributed by atoms with E-state index in [1.165, 1.54) is 4.90 Å². The summed E-state index contributed by atoms with van der Waals surface area (Å²) < 4.78 is 0. The lowest BCUT2D eigenvalue weighted by Crippen LogP contribution is -2.53. The van der Waals surface area contributed by atoms with Crippen molar-refractivity contribution < 1.29 is 14.4 Å². The number of nitrogens with one attached hydrogen (secondary N) is 2. The summed E-state index contributed by atoms with van der Waals surface area (Å²) in [6.07, 6.45) is 1.50. The highest BCUT2D eigenvalue weighted by Gasteiger charge is 2.46. The zero-order valence-corrected chi connectivity index (χ0v) is 12.6. The molecular formula is C13H24N4O3. The molecule has 0 atom stereocenters. The maximum absolute atomic E-state index is 11.9. The van der Waals surface area contributed by atoms with Crippen LogP contribution in [0.3, 0.4) is 0 Å². The number of nitrogens with zero attached hydrogens (tertiary/aromatic N) is 1. The summed E-state index contributed by atoms with van der Waals surface area (Å²) in [4.78, 5) is 36.4. The van der Waals surface area contributed by atoms with Gasteiger partial charge in [0.2, 0.25) is 5.91 Å². The number of rotatable bonds is 6. The van der Waals surface area contributed by atoms with Crippen LogP contribution in [0.4, 0.5) is 4.79 Å². The standard InChI is InChI=1S/C13H24N4O3/c1-5-13(14,6-2)8-15-9(18)7-17-11(20)16-10(19)12(17,3)4/h5-8,14H2,1-4H3,(H,15,18)(H,16,19,20). The van der Waals surface area contributed by atoms with Crippen molar-refractivity contribution in [1.29, 1.82) is 0 Å². The van der Waals surface area contributed by atoms with E-state index in [4.69, 9.17) is 5.73 Å². The van der Waals surface area contributed by atoms with E-state index in [-0.39, 0.29) is 12.5 Å². The molecule has 0 aromatic carbocycles. The highest BCUT2D eigenvalue weighted by molar-refractivity contribution is 6.07. The van der Waals surface area contributed by atoms with E-state index >= 15 is 0 Å². The lowest BCUT2D eigenvalue weighted by molar-refractivity contribution is -0.127. The Labute approximate surface area is 119 Å². The molecule has 1 rings (SSSR count). The van der Waals surface area contributed by atoms with Crippen LogP contribution >= 0.6 is 0 Å². The van der Waals surface area contributed by atoms with Crippen molar-refractivity contribution in [2.75, 3.05) is 13.1 Å². The predicted molar refractivity (Wildman–Crippen MR) is 74.8 cm³/mol. The van der Waals surface area contributed by atoms with Gasteiger partial charge in [-0.15, -0.1) is 0 Å². The molecule has 7 nitrogen and oxygen atoms in total. The number of hydrogen-bond acceptors (Lipinski definition) is 4. The van der Waals surface area contributed by atoms with Gasteiger partial charge in [0.25, 0.3) is 5.91 Å². The average Bonchev–Trinajstić information content (AvgIpc) is 2.59. The monoisotopic (exact) mass is 284 g/mol. The Bertz CT molecular complexity index is 416. The first-order chi connectivity index (χ1) is 9.16. The Balaban J connectivity index is 2.59. The summed E-state index contributed by atoms with van der Waals surface area (Å²) >= 11 is 0. The van der Waals surface area contributed by atoms with Gasteiger partial charge in [0, 0.05) is 12.1 Å². The smallest absolute Gasteiger partial charge is 0.325 e. The summed E-state index contributed by atoms with van der Waals surface area (Å²) in [5.74, 6) is -0.717. The quantitative estimate of drug-likeness (QED) is 0.595. The van der Waals surface area contributed by atoms with Crippen LogP contribution in [0.1, 0.15) is 40.5 Å². The van der Waals surface area contributed by atoms with E-state index in [9.17, 15) is 14.4 Å². The van der Waals surface area contributed by atoms with Gasteiger partial charge in [-0.25, -0.2) is 4.79 Å². The van der Waals surface area contributed by atoms with Gasteiger partial charge in [-0.2, -0.15) is 0 Å². The Morgan fingerprint density at radius 2 is 1.90 bits per heavy atom. The molecule has 1 aliphatic rings. The third-order valence-corrected chi connectivity index (χ3v) is 4.04. The molecule has 0 aromatic rings. The number of carbonyl (C=O) groups excluding carboxylic acids is 3. The first kappa shape index (κ1) is 16.4. The van der Waals surface area contributed by atoms with Crippen LogP contribution in [0.2, 0.25) is 0 Å². The zero-order chi connectivity index (χ0) is 15.6.